The molecule has 1 amide bonds. The van der Waals surface area contributed by atoms with Crippen LogP contribution in [0.4, 0.5) is 24.7 Å². The van der Waals surface area contributed by atoms with Gasteiger partial charge in [-0.25, -0.2) is 13.2 Å². The number of aromatic nitrogens is 2. The van der Waals surface area contributed by atoms with Crippen LogP contribution in [0.1, 0.15) is 23.2 Å². The van der Waals surface area contributed by atoms with Gasteiger partial charge in [0, 0.05) is 29.9 Å². The van der Waals surface area contributed by atoms with Gasteiger partial charge in [0.1, 0.15) is 11.6 Å². The summed E-state index contributed by atoms with van der Waals surface area (Å²) in [5, 5.41) is 12.6. The smallest absolute Gasteiger partial charge is 0.266 e. The van der Waals surface area contributed by atoms with Crippen LogP contribution in [0.15, 0.2) is 30.3 Å². The first kappa shape index (κ1) is 19.0. The van der Waals surface area contributed by atoms with Gasteiger partial charge < -0.3 is 15.0 Å². The molecule has 0 saturated carbocycles. The molecule has 0 bridgehead atoms. The Morgan fingerprint density at radius 2 is 2.03 bits per heavy atom. The zero-order valence-electron chi connectivity index (χ0n) is 15.7. The van der Waals surface area contributed by atoms with E-state index in [0.717, 1.165) is 11.5 Å². The molecule has 2 heterocycles. The van der Waals surface area contributed by atoms with E-state index >= 15 is 0 Å². The zero-order valence-corrected chi connectivity index (χ0v) is 15.7. The Balaban J connectivity index is 1.73. The summed E-state index contributed by atoms with van der Waals surface area (Å²) < 4.78 is 45.7. The number of rotatable bonds is 4. The molecule has 0 saturated heterocycles. The van der Waals surface area contributed by atoms with Gasteiger partial charge in [0.2, 0.25) is 0 Å². The third-order valence-electron chi connectivity index (χ3n) is 4.92. The summed E-state index contributed by atoms with van der Waals surface area (Å²) in [5.74, 6) is -0.231. The minimum Gasteiger partial charge on any atom is -0.482 e. The van der Waals surface area contributed by atoms with Crippen LogP contribution < -0.4 is 15.0 Å². The Labute approximate surface area is 164 Å². The topological polar surface area (TPSA) is 67.4 Å². The Hall–Kier alpha value is -3.36. The van der Waals surface area contributed by atoms with Crippen molar-refractivity contribution < 1.29 is 22.7 Å². The van der Waals surface area contributed by atoms with Gasteiger partial charge in [-0.2, -0.15) is 5.10 Å². The normalized spacial score (nSPS) is 13.6. The monoisotopic (exact) mass is 402 g/mol. The van der Waals surface area contributed by atoms with Crippen molar-refractivity contribution in [3.05, 3.63) is 53.0 Å². The summed E-state index contributed by atoms with van der Waals surface area (Å²) in [6.07, 6.45) is -2.89. The lowest BCUT2D eigenvalue weighted by atomic mass is 10.1. The average Bonchev–Trinajstić information content (AvgIpc) is 2.70. The SMILES string of the molecule is Cc1nnc(NCc2cccc(C(F)F)c2F)c2cc3c(cc12)OCC(=O)N3C. The summed E-state index contributed by atoms with van der Waals surface area (Å²) in [5.41, 5.74) is 0.680. The van der Waals surface area contributed by atoms with E-state index in [9.17, 15) is 18.0 Å². The molecule has 1 aromatic heterocycles. The van der Waals surface area contributed by atoms with Crippen molar-refractivity contribution in [2.45, 2.75) is 19.9 Å². The van der Waals surface area contributed by atoms with Crippen LogP contribution in [0.25, 0.3) is 10.8 Å². The maximum Gasteiger partial charge on any atom is 0.266 e. The molecular formula is C20H17F3N4O2. The number of ether oxygens (including phenoxy) is 1. The summed E-state index contributed by atoms with van der Waals surface area (Å²) >= 11 is 0. The first-order valence-electron chi connectivity index (χ1n) is 8.86. The van der Waals surface area contributed by atoms with E-state index in [1.165, 1.54) is 17.0 Å². The highest BCUT2D eigenvalue weighted by atomic mass is 19.3. The van der Waals surface area contributed by atoms with Crippen LogP contribution in [0.5, 0.6) is 5.75 Å². The number of benzene rings is 2. The molecule has 29 heavy (non-hydrogen) atoms. The van der Waals surface area contributed by atoms with Gasteiger partial charge in [-0.1, -0.05) is 18.2 Å². The number of hydrogen-bond acceptors (Lipinski definition) is 5. The van der Waals surface area contributed by atoms with Crippen molar-refractivity contribution in [3.63, 3.8) is 0 Å². The van der Waals surface area contributed by atoms with Gasteiger partial charge in [0.25, 0.3) is 12.3 Å². The molecule has 4 rings (SSSR count). The predicted molar refractivity (Wildman–Crippen MR) is 102 cm³/mol. The fourth-order valence-corrected chi connectivity index (χ4v) is 3.26. The first-order chi connectivity index (χ1) is 13.9. The van der Waals surface area contributed by atoms with Crippen molar-refractivity contribution in [1.82, 2.24) is 10.2 Å². The lowest BCUT2D eigenvalue weighted by Crippen LogP contribution is -2.35. The quantitative estimate of drug-likeness (QED) is 0.715. The number of anilines is 2. The Morgan fingerprint density at radius 3 is 2.79 bits per heavy atom. The number of nitrogens with one attached hydrogen (secondary N) is 1. The Morgan fingerprint density at radius 1 is 1.24 bits per heavy atom. The third kappa shape index (κ3) is 3.32. The van der Waals surface area contributed by atoms with Crippen molar-refractivity contribution >= 4 is 28.2 Å². The van der Waals surface area contributed by atoms with Crippen LogP contribution in [0.3, 0.4) is 0 Å². The molecule has 0 atom stereocenters. The molecule has 1 aliphatic heterocycles. The molecule has 150 valence electrons. The van der Waals surface area contributed by atoms with Crippen molar-refractivity contribution in [2.75, 3.05) is 23.9 Å². The molecule has 2 aromatic carbocycles. The zero-order chi connectivity index (χ0) is 20.7. The molecule has 9 heteroatoms. The minimum absolute atomic E-state index is 0.0442. The first-order valence-corrected chi connectivity index (χ1v) is 8.86. The van der Waals surface area contributed by atoms with Gasteiger partial charge >= 0.3 is 0 Å². The standard InChI is InChI=1S/C20H17F3N4O2/c1-10-13-7-16-15(27(2)17(28)9-29-16)6-14(13)20(26-25-10)24-8-11-4-3-5-12(18(11)21)19(22)23/h3-7,19H,8-9H2,1-2H3,(H,24,26). The number of fused-ring (bicyclic) bond motifs is 2. The van der Waals surface area contributed by atoms with Gasteiger partial charge in [-0.3, -0.25) is 4.79 Å². The lowest BCUT2D eigenvalue weighted by Gasteiger charge is -2.26. The second-order valence-electron chi connectivity index (χ2n) is 6.72. The number of halogens is 3. The van der Waals surface area contributed by atoms with Gasteiger partial charge in [0.05, 0.1) is 16.9 Å². The molecule has 6 nitrogen and oxygen atoms in total. The fraction of sp³-hybridized carbons (Fsp3) is 0.250. The van der Waals surface area contributed by atoms with Crippen LogP contribution in [0.2, 0.25) is 0 Å². The van der Waals surface area contributed by atoms with Crippen LogP contribution >= 0.6 is 0 Å². The molecule has 0 spiro atoms. The largest absolute Gasteiger partial charge is 0.482 e. The Bertz CT molecular complexity index is 1120. The average molecular weight is 402 g/mol. The lowest BCUT2D eigenvalue weighted by molar-refractivity contribution is -0.120. The highest BCUT2D eigenvalue weighted by Gasteiger charge is 2.24. The molecule has 1 N–H and O–H groups in total. The molecule has 0 aliphatic carbocycles. The number of amides is 1. The van der Waals surface area contributed by atoms with Gasteiger partial charge in [0.15, 0.2) is 12.4 Å². The summed E-state index contributed by atoms with van der Waals surface area (Å²) in [6, 6.07) is 7.40. The molecule has 1 aliphatic rings. The number of likely N-dealkylation sites (N-methyl/N-ethyl adjacent to an activating group) is 1. The molecule has 0 unspecified atom stereocenters. The van der Waals surface area contributed by atoms with Crippen molar-refractivity contribution in [2.24, 2.45) is 0 Å². The van der Waals surface area contributed by atoms with E-state index in [2.05, 4.69) is 15.5 Å². The third-order valence-corrected chi connectivity index (χ3v) is 4.92. The highest BCUT2D eigenvalue weighted by Crippen LogP contribution is 2.38. The van der Waals surface area contributed by atoms with Gasteiger partial charge in [-0.15, -0.1) is 5.10 Å². The highest BCUT2D eigenvalue weighted by molar-refractivity contribution is 6.03. The summed E-state index contributed by atoms with van der Waals surface area (Å²) in [6.45, 7) is 1.69. The van der Waals surface area contributed by atoms with Crippen LogP contribution in [-0.2, 0) is 11.3 Å². The number of aryl methyl sites for hydroxylation is 1. The van der Waals surface area contributed by atoms with Crippen molar-refractivity contribution in [3.8, 4) is 5.75 Å². The molecule has 0 radical (unpaired) electrons. The van der Waals surface area contributed by atoms with E-state index in [1.54, 1.807) is 26.1 Å². The van der Waals surface area contributed by atoms with E-state index < -0.39 is 17.8 Å². The van der Waals surface area contributed by atoms with E-state index in [4.69, 9.17) is 4.74 Å². The number of alkyl halides is 2. The van der Waals surface area contributed by atoms with Crippen molar-refractivity contribution in [1.29, 1.82) is 0 Å². The minimum atomic E-state index is -2.89. The maximum absolute atomic E-state index is 14.3. The van der Waals surface area contributed by atoms with E-state index in [1.807, 2.05) is 0 Å². The van der Waals surface area contributed by atoms with Crippen LogP contribution in [-0.4, -0.2) is 29.8 Å². The Kier molecular flexibility index (Phi) is 4.73. The number of hydrogen-bond donors (Lipinski definition) is 1. The second-order valence-corrected chi connectivity index (χ2v) is 6.72. The number of carbonyl (C=O) groups is 1. The molecular weight excluding hydrogens is 385 g/mol. The number of nitrogens with zero attached hydrogens (tertiary/aromatic N) is 3. The predicted octanol–water partition coefficient (Wildman–Crippen LogP) is 3.98. The van der Waals surface area contributed by atoms with Gasteiger partial charge in [-0.05, 0) is 19.1 Å². The number of carbonyl (C=O) groups excluding carboxylic acids is 1. The molecule has 3 aromatic rings. The molecule has 0 fully saturated rings. The fourth-order valence-electron chi connectivity index (χ4n) is 3.26. The second kappa shape index (κ2) is 7.23. The maximum atomic E-state index is 14.3. The van der Waals surface area contributed by atoms with Crippen LogP contribution in [0, 0.1) is 12.7 Å². The summed E-state index contributed by atoms with van der Waals surface area (Å²) in [7, 11) is 1.65. The van der Waals surface area contributed by atoms with E-state index in [-0.39, 0.29) is 24.6 Å². The van der Waals surface area contributed by atoms with E-state index in [0.29, 0.717) is 28.3 Å². The summed E-state index contributed by atoms with van der Waals surface area (Å²) in [4.78, 5) is 13.4.